The highest BCUT2D eigenvalue weighted by molar-refractivity contribution is 7.99. The maximum absolute atomic E-state index is 12.7. The first kappa shape index (κ1) is 18.8. The van der Waals surface area contributed by atoms with E-state index < -0.39 is 0 Å². The summed E-state index contributed by atoms with van der Waals surface area (Å²) in [7, 11) is 0. The first-order chi connectivity index (χ1) is 13.6. The Bertz CT molecular complexity index is 986. The molecule has 0 radical (unpaired) electrons. The lowest BCUT2D eigenvalue weighted by Gasteiger charge is -2.29. The summed E-state index contributed by atoms with van der Waals surface area (Å²) < 4.78 is 1.65. The molecular weight excluding hydrogens is 394 g/mol. The van der Waals surface area contributed by atoms with Gasteiger partial charge in [-0.15, -0.1) is 0 Å². The first-order valence-electron chi connectivity index (χ1n) is 9.03. The van der Waals surface area contributed by atoms with E-state index in [0.29, 0.717) is 22.1 Å². The van der Waals surface area contributed by atoms with Crippen LogP contribution in [0.2, 0.25) is 5.02 Å². The number of halogens is 1. The molecule has 3 heterocycles. The molecule has 0 saturated carbocycles. The Labute approximate surface area is 172 Å². The van der Waals surface area contributed by atoms with Crippen LogP contribution < -0.4 is 10.2 Å². The maximum Gasteiger partial charge on any atom is 0.259 e. The predicted octanol–water partition coefficient (Wildman–Crippen LogP) is 4.03. The highest BCUT2D eigenvalue weighted by Gasteiger charge is 2.18. The van der Waals surface area contributed by atoms with Crippen LogP contribution in [0.25, 0.3) is 5.82 Å². The second-order valence-corrected chi connectivity index (χ2v) is 8.10. The normalized spacial score (nSPS) is 14.1. The largest absolute Gasteiger partial charge is 0.369 e. The number of anilines is 2. The quantitative estimate of drug-likeness (QED) is 0.699. The number of aromatic nitrogens is 3. The van der Waals surface area contributed by atoms with Crippen LogP contribution in [0.1, 0.15) is 16.1 Å². The molecule has 1 fully saturated rings. The smallest absolute Gasteiger partial charge is 0.259 e. The van der Waals surface area contributed by atoms with Crippen molar-refractivity contribution in [3.63, 3.8) is 0 Å². The van der Waals surface area contributed by atoms with Gasteiger partial charge in [-0.25, -0.2) is 9.67 Å². The SMILES string of the molecule is Cc1c(C(=O)Nc2ccc(N3CCSCC3)c(Cl)c2)cnn1-c1ccccn1. The van der Waals surface area contributed by atoms with E-state index in [1.54, 1.807) is 23.1 Å². The number of carbonyl (C=O) groups is 1. The fourth-order valence-electron chi connectivity index (χ4n) is 3.19. The van der Waals surface area contributed by atoms with E-state index in [1.165, 1.54) is 0 Å². The lowest BCUT2D eigenvalue weighted by molar-refractivity contribution is 0.102. The molecule has 4 rings (SSSR count). The van der Waals surface area contributed by atoms with Gasteiger partial charge in [0.15, 0.2) is 5.82 Å². The molecule has 0 atom stereocenters. The van der Waals surface area contributed by atoms with Gasteiger partial charge in [-0.1, -0.05) is 17.7 Å². The van der Waals surface area contributed by atoms with Crippen LogP contribution in [-0.2, 0) is 0 Å². The van der Waals surface area contributed by atoms with E-state index in [2.05, 4.69) is 20.3 Å². The Morgan fingerprint density at radius 1 is 1.21 bits per heavy atom. The topological polar surface area (TPSA) is 63.1 Å². The molecule has 0 aliphatic carbocycles. The van der Waals surface area contributed by atoms with Gasteiger partial charge in [0.25, 0.3) is 5.91 Å². The number of thioether (sulfide) groups is 1. The zero-order valence-electron chi connectivity index (χ0n) is 15.4. The van der Waals surface area contributed by atoms with Crippen molar-refractivity contribution >= 4 is 40.6 Å². The van der Waals surface area contributed by atoms with Crippen molar-refractivity contribution in [3.05, 3.63) is 65.1 Å². The average molecular weight is 414 g/mol. The van der Waals surface area contributed by atoms with Crippen LogP contribution in [0.3, 0.4) is 0 Å². The van der Waals surface area contributed by atoms with Crippen molar-refractivity contribution in [2.24, 2.45) is 0 Å². The van der Waals surface area contributed by atoms with Gasteiger partial charge in [0, 0.05) is 36.5 Å². The summed E-state index contributed by atoms with van der Waals surface area (Å²) in [6.45, 7) is 3.82. The number of amides is 1. The first-order valence-corrected chi connectivity index (χ1v) is 10.6. The summed E-state index contributed by atoms with van der Waals surface area (Å²) in [4.78, 5) is 19.3. The summed E-state index contributed by atoms with van der Waals surface area (Å²) >= 11 is 8.44. The van der Waals surface area contributed by atoms with E-state index >= 15 is 0 Å². The number of hydrogen-bond acceptors (Lipinski definition) is 5. The molecule has 1 saturated heterocycles. The van der Waals surface area contributed by atoms with Gasteiger partial charge in [0.1, 0.15) is 0 Å². The Hall–Kier alpha value is -2.51. The monoisotopic (exact) mass is 413 g/mol. The minimum absolute atomic E-state index is 0.224. The lowest BCUT2D eigenvalue weighted by Crippen LogP contribution is -2.32. The number of nitrogens with one attached hydrogen (secondary N) is 1. The Balaban J connectivity index is 1.51. The van der Waals surface area contributed by atoms with Gasteiger partial charge < -0.3 is 10.2 Å². The maximum atomic E-state index is 12.7. The lowest BCUT2D eigenvalue weighted by atomic mass is 10.2. The van der Waals surface area contributed by atoms with Gasteiger partial charge in [-0.3, -0.25) is 4.79 Å². The average Bonchev–Trinajstić information content (AvgIpc) is 3.11. The molecule has 1 amide bonds. The molecule has 8 heteroatoms. The number of nitrogens with zero attached hydrogens (tertiary/aromatic N) is 4. The Morgan fingerprint density at radius 2 is 2.04 bits per heavy atom. The predicted molar refractivity (Wildman–Crippen MR) is 115 cm³/mol. The third kappa shape index (κ3) is 3.86. The molecule has 0 unspecified atom stereocenters. The van der Waals surface area contributed by atoms with E-state index in [1.807, 2.05) is 49.0 Å². The molecule has 144 valence electrons. The fraction of sp³-hybridized carbons (Fsp3) is 0.250. The van der Waals surface area contributed by atoms with E-state index in [4.69, 9.17) is 11.6 Å². The molecule has 1 aromatic carbocycles. The standard InChI is InChI=1S/C20H20ClN5OS/c1-14-16(13-23-26(14)19-4-2-3-7-22-19)20(27)24-15-5-6-18(17(21)12-15)25-8-10-28-11-9-25/h2-7,12-13H,8-11H2,1H3,(H,24,27). The van der Waals surface area contributed by atoms with Gasteiger partial charge in [-0.05, 0) is 37.3 Å². The molecule has 3 aromatic rings. The van der Waals surface area contributed by atoms with Gasteiger partial charge in [0.05, 0.1) is 28.2 Å². The van der Waals surface area contributed by atoms with E-state index in [0.717, 1.165) is 36.0 Å². The van der Waals surface area contributed by atoms with Crippen molar-refractivity contribution < 1.29 is 4.79 Å². The van der Waals surface area contributed by atoms with E-state index in [-0.39, 0.29) is 5.91 Å². The van der Waals surface area contributed by atoms with Crippen LogP contribution in [0.15, 0.2) is 48.8 Å². The summed E-state index contributed by atoms with van der Waals surface area (Å²) in [5, 5.41) is 7.86. The minimum Gasteiger partial charge on any atom is -0.369 e. The fourth-order valence-corrected chi connectivity index (χ4v) is 4.39. The second-order valence-electron chi connectivity index (χ2n) is 6.46. The zero-order valence-corrected chi connectivity index (χ0v) is 17.0. The summed E-state index contributed by atoms with van der Waals surface area (Å²) in [6.07, 6.45) is 3.25. The number of rotatable bonds is 4. The van der Waals surface area contributed by atoms with Gasteiger partial charge in [0.2, 0.25) is 0 Å². The Morgan fingerprint density at radius 3 is 2.75 bits per heavy atom. The van der Waals surface area contributed by atoms with Crippen LogP contribution in [0, 0.1) is 6.92 Å². The van der Waals surface area contributed by atoms with Crippen molar-refractivity contribution in [3.8, 4) is 5.82 Å². The van der Waals surface area contributed by atoms with Gasteiger partial charge in [-0.2, -0.15) is 16.9 Å². The summed E-state index contributed by atoms with van der Waals surface area (Å²) in [6, 6.07) is 11.2. The third-order valence-electron chi connectivity index (χ3n) is 4.68. The number of benzene rings is 1. The van der Waals surface area contributed by atoms with Gasteiger partial charge >= 0.3 is 0 Å². The molecule has 0 spiro atoms. The highest BCUT2D eigenvalue weighted by Crippen LogP contribution is 2.30. The summed E-state index contributed by atoms with van der Waals surface area (Å²) in [5.74, 6) is 2.66. The molecule has 28 heavy (non-hydrogen) atoms. The zero-order chi connectivity index (χ0) is 19.5. The Kier molecular flexibility index (Phi) is 5.54. The van der Waals surface area contributed by atoms with Crippen molar-refractivity contribution in [2.45, 2.75) is 6.92 Å². The van der Waals surface area contributed by atoms with Crippen molar-refractivity contribution in [1.82, 2.24) is 14.8 Å². The van der Waals surface area contributed by atoms with Crippen LogP contribution >= 0.6 is 23.4 Å². The molecular formula is C20H20ClN5OS. The third-order valence-corrected chi connectivity index (χ3v) is 5.92. The molecule has 6 nitrogen and oxygen atoms in total. The van der Waals surface area contributed by atoms with Crippen LogP contribution in [0.5, 0.6) is 0 Å². The van der Waals surface area contributed by atoms with Crippen molar-refractivity contribution in [2.75, 3.05) is 34.8 Å². The van der Waals surface area contributed by atoms with Crippen LogP contribution in [0.4, 0.5) is 11.4 Å². The highest BCUT2D eigenvalue weighted by atomic mass is 35.5. The molecule has 1 aliphatic rings. The number of carbonyl (C=O) groups excluding carboxylic acids is 1. The van der Waals surface area contributed by atoms with Crippen molar-refractivity contribution in [1.29, 1.82) is 0 Å². The summed E-state index contributed by atoms with van der Waals surface area (Å²) in [5.41, 5.74) is 2.90. The van der Waals surface area contributed by atoms with Crippen LogP contribution in [-0.4, -0.2) is 45.3 Å². The second kappa shape index (κ2) is 8.24. The van der Waals surface area contributed by atoms with E-state index in [9.17, 15) is 4.79 Å². The number of pyridine rings is 1. The molecule has 2 aromatic heterocycles. The molecule has 1 N–H and O–H groups in total. The molecule has 0 bridgehead atoms. The number of hydrogen-bond donors (Lipinski definition) is 1. The molecule has 1 aliphatic heterocycles. The minimum atomic E-state index is -0.224.